The first-order valence-corrected chi connectivity index (χ1v) is 0. The van der Waals surface area contributed by atoms with Crippen molar-refractivity contribution in [2.45, 2.75) is 0 Å². The molecule has 0 saturated heterocycles. The van der Waals surface area contributed by atoms with E-state index < -0.39 is 0 Å². The van der Waals surface area contributed by atoms with Crippen molar-refractivity contribution >= 4 is 114 Å². The van der Waals surface area contributed by atoms with Crippen LogP contribution < -0.4 is 0 Å². The number of hydrogen-bond donors (Lipinski definition) is 0. The van der Waals surface area contributed by atoms with Crippen LogP contribution in [0.5, 0.6) is 0 Å². The van der Waals surface area contributed by atoms with Gasteiger partial charge in [-0.25, -0.2) is 0 Å². The van der Waals surface area contributed by atoms with Gasteiger partial charge in [0, 0.05) is 21.7 Å². The van der Waals surface area contributed by atoms with Crippen LogP contribution in [0.2, 0.25) is 0 Å². The zero-order valence-electron chi connectivity index (χ0n) is 8.62. The van der Waals surface area contributed by atoms with Gasteiger partial charge in [-0.3, -0.25) is 0 Å². The Balaban J connectivity index is 0. The van der Waals surface area contributed by atoms with E-state index in [9.17, 15) is 0 Å². The van der Waals surface area contributed by atoms with E-state index in [-0.39, 0.29) is 163 Å². The number of rotatable bonds is 0. The van der Waals surface area contributed by atoms with Gasteiger partial charge in [-0.15, -0.1) is 0 Å². The van der Waals surface area contributed by atoms with Gasteiger partial charge >= 0.3 is 114 Å². The molecule has 0 amide bonds. The fourth-order valence-corrected chi connectivity index (χ4v) is 0. The molecule has 0 aliphatic heterocycles. The normalized spacial score (nSPS) is 0. The SMILES string of the molecule is O.O.O.O.[Ba+2].[Ca+2].[H-].[H-].[H-].[H-].[PbH2].[Ti]. The average molecular weight is 511 g/mol. The molecular formula is H14BaCaO4PbTi. The van der Waals surface area contributed by atoms with E-state index in [0.29, 0.717) is 0 Å². The van der Waals surface area contributed by atoms with Crippen molar-refractivity contribution in [1.82, 2.24) is 0 Å². The van der Waals surface area contributed by atoms with Crippen LogP contribution in [0.4, 0.5) is 0 Å². The van der Waals surface area contributed by atoms with Crippen LogP contribution in [0.1, 0.15) is 5.71 Å². The second kappa shape index (κ2) is 64.7. The van der Waals surface area contributed by atoms with E-state index in [1.165, 1.54) is 0 Å². The van der Waals surface area contributed by atoms with E-state index >= 15 is 0 Å². The van der Waals surface area contributed by atoms with Gasteiger partial charge in [0.05, 0.1) is 0 Å². The molecule has 0 unspecified atom stereocenters. The molecule has 0 aliphatic carbocycles. The van der Waals surface area contributed by atoms with Gasteiger partial charge in [-0.1, -0.05) is 0 Å². The summed E-state index contributed by atoms with van der Waals surface area (Å²) < 4.78 is 0. The molecule has 0 rings (SSSR count). The Bertz CT molecular complexity index is 27.0. The zero-order valence-corrected chi connectivity index (χ0v) is 18.3. The molecule has 8 heavy (non-hydrogen) atoms. The van der Waals surface area contributed by atoms with Crippen molar-refractivity contribution in [3.05, 3.63) is 0 Å². The molecule has 0 aromatic rings. The zero-order chi connectivity index (χ0) is 0. The van der Waals surface area contributed by atoms with Crippen molar-refractivity contribution in [3.63, 3.8) is 0 Å². The second-order valence-corrected chi connectivity index (χ2v) is 0. The van der Waals surface area contributed by atoms with Crippen LogP contribution >= 0.6 is 0 Å². The van der Waals surface area contributed by atoms with Crippen LogP contribution in [0.3, 0.4) is 0 Å². The molecule has 0 saturated carbocycles. The summed E-state index contributed by atoms with van der Waals surface area (Å²) in [5.41, 5.74) is 0. The van der Waals surface area contributed by atoms with Gasteiger partial charge in [0.15, 0.2) is 0 Å². The fraction of sp³-hybridized carbons (Fsp3) is 0. The predicted molar refractivity (Wildman–Crippen MR) is 39.0 cm³/mol. The summed E-state index contributed by atoms with van der Waals surface area (Å²) >= 11 is 0. The Hall–Kier alpha value is 4.31. The molecule has 4 nitrogen and oxygen atoms in total. The molecule has 8 heteroatoms. The topological polar surface area (TPSA) is 126 Å². The van der Waals surface area contributed by atoms with Crippen LogP contribution in [-0.2, 0) is 21.7 Å². The molecule has 0 aromatic heterocycles. The Morgan fingerprint density at radius 2 is 0.750 bits per heavy atom. The maximum absolute atomic E-state index is 0. The van der Waals surface area contributed by atoms with Gasteiger partial charge in [0.2, 0.25) is 0 Å². The average Bonchev–Trinajstić information content (AvgIpc) is 0. The smallest absolute Gasteiger partial charge is 0 e. The minimum atomic E-state index is 0. The first-order valence-electron chi connectivity index (χ1n) is 0. The molecule has 0 heterocycles. The van der Waals surface area contributed by atoms with Crippen molar-refractivity contribution in [2.75, 3.05) is 0 Å². The minimum Gasteiger partial charge on any atom is 0 e. The van der Waals surface area contributed by atoms with Gasteiger partial charge in [-0.05, 0) is 0 Å². The predicted octanol–water partition coefficient (Wildman–Crippen LogP) is -4.53. The summed E-state index contributed by atoms with van der Waals surface area (Å²) in [6.45, 7) is 0. The van der Waals surface area contributed by atoms with Crippen molar-refractivity contribution in [1.29, 1.82) is 0 Å². The fourth-order valence-electron chi connectivity index (χ4n) is 0. The molecule has 0 bridgehead atoms. The third-order valence-electron chi connectivity index (χ3n) is 0. The molecule has 0 atom stereocenters. The number of hydrogen-bond acceptors (Lipinski definition) is 0. The summed E-state index contributed by atoms with van der Waals surface area (Å²) in [6.07, 6.45) is 0. The molecule has 0 aromatic carbocycles. The first kappa shape index (κ1) is 84.8. The van der Waals surface area contributed by atoms with Crippen LogP contribution in [0, 0.1) is 0 Å². The Morgan fingerprint density at radius 3 is 0.750 bits per heavy atom. The van der Waals surface area contributed by atoms with E-state index in [1.807, 2.05) is 0 Å². The van der Waals surface area contributed by atoms with Gasteiger partial charge in [0.1, 0.15) is 0 Å². The molecule has 0 aliphatic rings. The Labute approximate surface area is 159 Å². The van der Waals surface area contributed by atoms with E-state index in [1.54, 1.807) is 0 Å². The summed E-state index contributed by atoms with van der Waals surface area (Å²) in [5.74, 6) is 0. The van der Waals surface area contributed by atoms with Gasteiger partial charge < -0.3 is 27.6 Å². The largest absolute Gasteiger partial charge is 0 e. The van der Waals surface area contributed by atoms with E-state index in [0.717, 1.165) is 0 Å². The Kier molecular flexibility index (Phi) is 686. The monoisotopic (exact) mass is 512 g/mol. The van der Waals surface area contributed by atoms with E-state index in [2.05, 4.69) is 0 Å². The molecule has 2 radical (unpaired) electrons. The van der Waals surface area contributed by atoms with Crippen LogP contribution in [0.25, 0.3) is 0 Å². The maximum Gasteiger partial charge on any atom is 0 e. The van der Waals surface area contributed by atoms with E-state index in [4.69, 9.17) is 0 Å². The second-order valence-electron chi connectivity index (χ2n) is 0. The third-order valence-corrected chi connectivity index (χ3v) is 0. The molecule has 0 spiro atoms. The first-order chi connectivity index (χ1) is 0. The molecular weight excluding hydrogens is 496 g/mol. The summed E-state index contributed by atoms with van der Waals surface area (Å²) in [7, 11) is 0. The van der Waals surface area contributed by atoms with Crippen LogP contribution in [-0.4, -0.2) is 136 Å². The summed E-state index contributed by atoms with van der Waals surface area (Å²) in [5, 5.41) is 0. The maximum atomic E-state index is 0. The summed E-state index contributed by atoms with van der Waals surface area (Å²) in [4.78, 5) is 0. The minimum absolute atomic E-state index is 0. The van der Waals surface area contributed by atoms with Gasteiger partial charge in [0.25, 0.3) is 0 Å². The summed E-state index contributed by atoms with van der Waals surface area (Å²) in [6, 6.07) is 0. The molecule has 0 fully saturated rings. The van der Waals surface area contributed by atoms with Crippen molar-refractivity contribution in [2.24, 2.45) is 0 Å². The third kappa shape index (κ3) is 48.1. The van der Waals surface area contributed by atoms with Crippen molar-refractivity contribution in [3.8, 4) is 0 Å². The van der Waals surface area contributed by atoms with Crippen LogP contribution in [0.15, 0.2) is 0 Å². The molecule has 8 N–H and O–H groups in total. The van der Waals surface area contributed by atoms with Gasteiger partial charge in [-0.2, -0.15) is 0 Å². The Morgan fingerprint density at radius 1 is 0.750 bits per heavy atom. The standard InChI is InChI=1S/Ba.Ca.4H2O.Pb.Ti.6H/h;;4*1H2;;;;;;;;/q2*+2;;;;;;;;;4*-1. The quantitative estimate of drug-likeness (QED) is 0.291. The molecule has 50 valence electrons. The van der Waals surface area contributed by atoms with Crippen molar-refractivity contribution < 1.29 is 49.3 Å².